The Kier molecular flexibility index (Phi) is 8.95. The molecule has 0 N–H and O–H groups in total. The van der Waals surface area contributed by atoms with E-state index in [1.165, 1.54) is 28.7 Å². The van der Waals surface area contributed by atoms with Gasteiger partial charge in [0.15, 0.2) is 0 Å². The molecule has 0 spiro atoms. The molecule has 6 aromatic rings. The predicted octanol–water partition coefficient (Wildman–Crippen LogP) is 12.0. The van der Waals surface area contributed by atoms with Crippen molar-refractivity contribution >= 4 is 34.0 Å². The Morgan fingerprint density at radius 3 is 2.06 bits per heavy atom. The number of benzene rings is 5. The van der Waals surface area contributed by atoms with Gasteiger partial charge in [-0.25, -0.2) is 4.98 Å². The van der Waals surface area contributed by atoms with Crippen LogP contribution < -0.4 is 4.90 Å². The number of para-hydroxylation sites is 4. The molecule has 3 heterocycles. The van der Waals surface area contributed by atoms with Gasteiger partial charge in [0.25, 0.3) is 5.91 Å². The summed E-state index contributed by atoms with van der Waals surface area (Å²) in [5.74, 6) is 1.19. The van der Waals surface area contributed by atoms with Gasteiger partial charge in [-0.1, -0.05) is 130 Å². The Hall–Kier alpha value is -5.74. The van der Waals surface area contributed by atoms with Gasteiger partial charge in [-0.05, 0) is 84.0 Å². The van der Waals surface area contributed by atoms with Crippen LogP contribution in [0.25, 0.3) is 22.4 Å². The third-order valence-corrected chi connectivity index (χ3v) is 9.55. The number of fused-ring (bicyclic) bond motifs is 7. The van der Waals surface area contributed by atoms with Crippen molar-refractivity contribution in [3.63, 3.8) is 0 Å². The molecular weight excluding hydrogens is 611 g/mol. The lowest BCUT2D eigenvalue weighted by atomic mass is 9.61. The molecule has 9 rings (SSSR count). The number of imidazole rings is 1. The van der Waals surface area contributed by atoms with E-state index in [-0.39, 0.29) is 5.91 Å². The zero-order chi connectivity index (χ0) is 34.8. The van der Waals surface area contributed by atoms with Crippen molar-refractivity contribution in [3.05, 3.63) is 180 Å². The standard InChI is InChI=1S/C40H29N3O.C3H8.C3H6/c1-26-19-21-28(22-20-26)40(27-11-3-2-4-12-27)32-13-5-8-16-35(32)42(36-17-9-6-14-33(36)40)29-23-24-30-31(25-29)39(44)43-37-18-10-7-15-34(37)41-38(30)43;2*1-3-2/h2-19,21-26H,20H2,1H3;3H2,1-2H3;3H,1H2,2H3. The zero-order valence-electron chi connectivity index (χ0n) is 29.3. The van der Waals surface area contributed by atoms with Crippen molar-refractivity contribution in [2.75, 3.05) is 4.90 Å². The van der Waals surface area contributed by atoms with Gasteiger partial charge in [0.1, 0.15) is 5.82 Å². The Morgan fingerprint density at radius 1 is 0.820 bits per heavy atom. The normalized spacial score (nSPS) is 16.1. The average molecular weight is 654 g/mol. The maximum atomic E-state index is 13.9. The number of hydrogen-bond acceptors (Lipinski definition) is 3. The lowest BCUT2D eigenvalue weighted by Crippen LogP contribution is -2.38. The Labute approximate surface area is 295 Å². The summed E-state index contributed by atoms with van der Waals surface area (Å²) < 4.78 is 1.76. The molecule has 2 aliphatic heterocycles. The van der Waals surface area contributed by atoms with Crippen molar-refractivity contribution in [2.24, 2.45) is 5.92 Å². The van der Waals surface area contributed by atoms with Gasteiger partial charge in [0.05, 0.1) is 33.4 Å². The highest BCUT2D eigenvalue weighted by Gasteiger charge is 2.47. The number of allylic oxidation sites excluding steroid dienone is 5. The van der Waals surface area contributed by atoms with E-state index in [4.69, 9.17) is 4.98 Å². The molecule has 4 heteroatoms. The van der Waals surface area contributed by atoms with Crippen LogP contribution in [0.3, 0.4) is 0 Å². The summed E-state index contributed by atoms with van der Waals surface area (Å²) in [4.78, 5) is 21.1. The number of anilines is 3. The Morgan fingerprint density at radius 2 is 1.42 bits per heavy atom. The molecule has 248 valence electrons. The molecule has 1 aromatic heterocycles. The van der Waals surface area contributed by atoms with Crippen molar-refractivity contribution in [3.8, 4) is 11.4 Å². The van der Waals surface area contributed by atoms with E-state index < -0.39 is 5.41 Å². The summed E-state index contributed by atoms with van der Waals surface area (Å²) in [6.07, 6.45) is 11.1. The highest BCUT2D eigenvalue weighted by Crippen LogP contribution is 2.58. The largest absolute Gasteiger partial charge is 0.310 e. The number of carbonyl (C=O) groups is 1. The van der Waals surface area contributed by atoms with E-state index in [9.17, 15) is 4.79 Å². The highest BCUT2D eigenvalue weighted by molar-refractivity contribution is 6.13. The maximum Gasteiger partial charge on any atom is 0.264 e. The van der Waals surface area contributed by atoms with Gasteiger partial charge >= 0.3 is 0 Å². The monoisotopic (exact) mass is 653 g/mol. The Balaban J connectivity index is 0.000000613. The van der Waals surface area contributed by atoms with Crippen molar-refractivity contribution < 1.29 is 4.79 Å². The molecule has 0 saturated carbocycles. The van der Waals surface area contributed by atoms with Crippen LogP contribution in [0.15, 0.2) is 158 Å². The van der Waals surface area contributed by atoms with Gasteiger partial charge in [-0.2, -0.15) is 0 Å². The minimum atomic E-state index is -0.491. The molecule has 1 atom stereocenters. The van der Waals surface area contributed by atoms with Gasteiger partial charge in [-0.3, -0.25) is 9.36 Å². The van der Waals surface area contributed by atoms with Crippen LogP contribution in [0, 0.1) is 5.92 Å². The SMILES string of the molecule is C=CC.CC1C=CC(C2(c3ccccc3)c3ccccc3N(c3ccc4c(c3)C(=O)n3c-4nc4ccccc43)c3ccccc32)=CC1.CCC. The molecule has 50 heavy (non-hydrogen) atoms. The molecule has 1 unspecified atom stereocenters. The fourth-order valence-corrected chi connectivity index (χ4v) is 7.58. The number of hydrogen-bond donors (Lipinski definition) is 0. The number of aromatic nitrogens is 2. The fraction of sp³-hybridized carbons (Fsp3) is 0.174. The number of carbonyl (C=O) groups excluding carboxylic acids is 1. The molecule has 0 fully saturated rings. The third kappa shape index (κ3) is 5.14. The topological polar surface area (TPSA) is 38.1 Å². The quantitative estimate of drug-likeness (QED) is 0.178. The van der Waals surface area contributed by atoms with Crippen molar-refractivity contribution in [2.45, 2.75) is 46.0 Å². The van der Waals surface area contributed by atoms with Crippen LogP contribution in [0.1, 0.15) is 67.6 Å². The lowest BCUT2D eigenvalue weighted by molar-refractivity contribution is 0.0973. The molecule has 0 saturated heterocycles. The van der Waals surface area contributed by atoms with E-state index in [0.29, 0.717) is 17.3 Å². The van der Waals surface area contributed by atoms with Crippen LogP contribution in [-0.2, 0) is 5.41 Å². The van der Waals surface area contributed by atoms with Crippen LogP contribution >= 0.6 is 0 Å². The van der Waals surface area contributed by atoms with Crippen LogP contribution in [0.5, 0.6) is 0 Å². The van der Waals surface area contributed by atoms with Gasteiger partial charge in [-0.15, -0.1) is 6.58 Å². The molecule has 4 nitrogen and oxygen atoms in total. The summed E-state index contributed by atoms with van der Waals surface area (Å²) in [6, 6.07) is 42.5. The van der Waals surface area contributed by atoms with E-state index in [0.717, 1.165) is 40.1 Å². The van der Waals surface area contributed by atoms with E-state index >= 15 is 0 Å². The smallest absolute Gasteiger partial charge is 0.264 e. The second-order valence-electron chi connectivity index (χ2n) is 13.1. The molecule has 1 aliphatic carbocycles. The molecule has 0 amide bonds. The molecular formula is C46H43N3O. The molecule has 3 aliphatic rings. The zero-order valence-corrected chi connectivity index (χ0v) is 29.3. The van der Waals surface area contributed by atoms with Gasteiger partial charge in [0.2, 0.25) is 0 Å². The van der Waals surface area contributed by atoms with E-state index in [2.05, 4.69) is 141 Å². The molecule has 0 bridgehead atoms. The summed E-state index contributed by atoms with van der Waals surface area (Å²) in [6.45, 7) is 11.8. The Bertz CT molecular complexity index is 2220. The molecule has 0 radical (unpaired) electrons. The van der Waals surface area contributed by atoms with Gasteiger partial charge < -0.3 is 4.90 Å². The minimum Gasteiger partial charge on any atom is -0.310 e. The van der Waals surface area contributed by atoms with Gasteiger partial charge in [0, 0.05) is 11.3 Å². The van der Waals surface area contributed by atoms with Crippen LogP contribution in [0.2, 0.25) is 0 Å². The lowest BCUT2D eigenvalue weighted by Gasteiger charge is -2.47. The first kappa shape index (κ1) is 32.8. The predicted molar refractivity (Wildman–Crippen MR) is 209 cm³/mol. The first-order valence-electron chi connectivity index (χ1n) is 17.7. The first-order chi connectivity index (χ1) is 24.5. The minimum absolute atomic E-state index is 0.0330. The highest BCUT2D eigenvalue weighted by atomic mass is 16.2. The second kappa shape index (κ2) is 13.6. The maximum absolute atomic E-state index is 13.9. The van der Waals surface area contributed by atoms with Crippen molar-refractivity contribution in [1.29, 1.82) is 0 Å². The average Bonchev–Trinajstić information content (AvgIpc) is 3.66. The fourth-order valence-electron chi connectivity index (χ4n) is 7.58. The number of rotatable bonds is 3. The first-order valence-corrected chi connectivity index (χ1v) is 17.7. The summed E-state index contributed by atoms with van der Waals surface area (Å²) in [7, 11) is 0. The second-order valence-corrected chi connectivity index (χ2v) is 13.1. The van der Waals surface area contributed by atoms with Crippen LogP contribution in [-0.4, -0.2) is 15.5 Å². The van der Waals surface area contributed by atoms with Crippen molar-refractivity contribution in [1.82, 2.24) is 9.55 Å². The van der Waals surface area contributed by atoms with E-state index in [1.54, 1.807) is 10.6 Å². The van der Waals surface area contributed by atoms with E-state index in [1.807, 2.05) is 37.3 Å². The third-order valence-electron chi connectivity index (χ3n) is 9.55. The summed E-state index contributed by atoms with van der Waals surface area (Å²) in [5.41, 5.74) is 10.9. The summed E-state index contributed by atoms with van der Waals surface area (Å²) in [5, 5.41) is 0. The number of nitrogens with zero attached hydrogens (tertiary/aromatic N) is 3. The summed E-state index contributed by atoms with van der Waals surface area (Å²) >= 11 is 0. The van der Waals surface area contributed by atoms with Crippen LogP contribution in [0.4, 0.5) is 17.1 Å². The molecule has 5 aromatic carbocycles.